The molecule has 1 nitrogen and oxygen atoms in total. The van der Waals surface area contributed by atoms with Gasteiger partial charge in [-0.25, -0.2) is 0 Å². The van der Waals surface area contributed by atoms with Crippen molar-refractivity contribution in [2.24, 2.45) is 0 Å². The summed E-state index contributed by atoms with van der Waals surface area (Å²) in [5.74, 6) is 0.633. The summed E-state index contributed by atoms with van der Waals surface area (Å²) in [4.78, 5) is 0. The minimum atomic E-state index is 0.633. The molecule has 1 rings (SSSR count). The number of hydrogen-bond acceptors (Lipinski definition) is 1. The van der Waals surface area contributed by atoms with Gasteiger partial charge in [0.15, 0.2) is 0 Å². The molecule has 0 amide bonds. The highest BCUT2D eigenvalue weighted by atomic mass is 14.8. The molecule has 0 unspecified atom stereocenters. The Morgan fingerprint density at radius 3 is 2.62 bits per heavy atom. The fourth-order valence-electron chi connectivity index (χ4n) is 1.90. The molecule has 1 aromatic carbocycles. The molecule has 0 fully saturated rings. The lowest BCUT2D eigenvalue weighted by atomic mass is 9.95. The van der Waals surface area contributed by atoms with Gasteiger partial charge in [0.1, 0.15) is 0 Å². The average Bonchev–Trinajstić information content (AvgIpc) is 2.26. The van der Waals surface area contributed by atoms with Gasteiger partial charge < -0.3 is 5.32 Å². The predicted octanol–water partition coefficient (Wildman–Crippen LogP) is 3.66. The van der Waals surface area contributed by atoms with Crippen molar-refractivity contribution in [2.75, 3.05) is 13.1 Å². The largest absolute Gasteiger partial charge is 0.317 e. The zero-order chi connectivity index (χ0) is 12.0. The van der Waals surface area contributed by atoms with Gasteiger partial charge in [0, 0.05) is 0 Å². The van der Waals surface area contributed by atoms with E-state index in [0.717, 1.165) is 13.1 Å². The molecule has 0 aliphatic heterocycles. The van der Waals surface area contributed by atoms with Crippen LogP contribution < -0.4 is 5.32 Å². The standard InChI is InChI=1S/C15H25N/c1-5-16-10-6-7-15-11-14(12(2)3)9-8-13(15)4/h8-9,11-12,16H,5-7,10H2,1-4H3. The van der Waals surface area contributed by atoms with E-state index in [1.54, 1.807) is 0 Å². The van der Waals surface area contributed by atoms with E-state index in [-0.39, 0.29) is 0 Å². The Labute approximate surface area is 100 Å². The van der Waals surface area contributed by atoms with Crippen LogP contribution in [-0.4, -0.2) is 13.1 Å². The summed E-state index contributed by atoms with van der Waals surface area (Å²) in [6, 6.07) is 6.90. The van der Waals surface area contributed by atoms with Gasteiger partial charge in [-0.2, -0.15) is 0 Å². The van der Waals surface area contributed by atoms with Gasteiger partial charge >= 0.3 is 0 Å². The van der Waals surface area contributed by atoms with Crippen LogP contribution in [-0.2, 0) is 6.42 Å². The first-order valence-corrected chi connectivity index (χ1v) is 6.45. The molecule has 0 radical (unpaired) electrons. The van der Waals surface area contributed by atoms with Gasteiger partial charge in [0.2, 0.25) is 0 Å². The van der Waals surface area contributed by atoms with Gasteiger partial charge in [-0.3, -0.25) is 0 Å². The van der Waals surface area contributed by atoms with Gasteiger partial charge in [0.05, 0.1) is 0 Å². The van der Waals surface area contributed by atoms with Crippen LogP contribution >= 0.6 is 0 Å². The highest BCUT2D eigenvalue weighted by Crippen LogP contribution is 2.19. The summed E-state index contributed by atoms with van der Waals surface area (Å²) < 4.78 is 0. The molecule has 1 heteroatoms. The molecule has 1 N–H and O–H groups in total. The van der Waals surface area contributed by atoms with Crippen LogP contribution in [0.4, 0.5) is 0 Å². The topological polar surface area (TPSA) is 12.0 Å². The molecule has 0 bridgehead atoms. The van der Waals surface area contributed by atoms with Crippen molar-refractivity contribution in [3.05, 3.63) is 34.9 Å². The molecule has 0 spiro atoms. The second-order valence-electron chi connectivity index (χ2n) is 4.80. The first kappa shape index (κ1) is 13.2. The minimum absolute atomic E-state index is 0.633. The van der Waals surface area contributed by atoms with Crippen molar-refractivity contribution in [3.63, 3.8) is 0 Å². The Bertz CT molecular complexity index is 315. The monoisotopic (exact) mass is 219 g/mol. The van der Waals surface area contributed by atoms with E-state index < -0.39 is 0 Å². The Morgan fingerprint density at radius 2 is 2.00 bits per heavy atom. The van der Waals surface area contributed by atoms with Crippen molar-refractivity contribution in [1.82, 2.24) is 5.32 Å². The Morgan fingerprint density at radius 1 is 1.25 bits per heavy atom. The highest BCUT2D eigenvalue weighted by Gasteiger charge is 2.03. The summed E-state index contributed by atoms with van der Waals surface area (Å²) in [7, 11) is 0. The molecule has 0 heterocycles. The molecule has 0 aliphatic rings. The third kappa shape index (κ3) is 3.97. The van der Waals surface area contributed by atoms with Crippen molar-refractivity contribution in [1.29, 1.82) is 0 Å². The lowest BCUT2D eigenvalue weighted by Gasteiger charge is -2.11. The van der Waals surface area contributed by atoms with Crippen LogP contribution in [0.1, 0.15) is 49.8 Å². The van der Waals surface area contributed by atoms with Crippen LogP contribution in [0.2, 0.25) is 0 Å². The summed E-state index contributed by atoms with van der Waals surface area (Å²) in [6.07, 6.45) is 2.43. The summed E-state index contributed by atoms with van der Waals surface area (Å²) >= 11 is 0. The molecule has 0 saturated carbocycles. The molecular weight excluding hydrogens is 194 g/mol. The van der Waals surface area contributed by atoms with Crippen LogP contribution in [0.5, 0.6) is 0 Å². The van der Waals surface area contributed by atoms with Crippen LogP contribution in [0.3, 0.4) is 0 Å². The van der Waals surface area contributed by atoms with E-state index >= 15 is 0 Å². The predicted molar refractivity (Wildman–Crippen MR) is 72.1 cm³/mol. The van der Waals surface area contributed by atoms with E-state index in [0.29, 0.717) is 5.92 Å². The summed E-state index contributed by atoms with van der Waals surface area (Å²) in [5, 5.41) is 3.38. The minimum Gasteiger partial charge on any atom is -0.317 e. The normalized spacial score (nSPS) is 11.1. The number of aryl methyl sites for hydroxylation is 2. The molecule has 16 heavy (non-hydrogen) atoms. The van der Waals surface area contributed by atoms with Crippen molar-refractivity contribution >= 4 is 0 Å². The Hall–Kier alpha value is -0.820. The quantitative estimate of drug-likeness (QED) is 0.720. The van der Waals surface area contributed by atoms with E-state index in [2.05, 4.69) is 51.2 Å². The van der Waals surface area contributed by atoms with Crippen molar-refractivity contribution in [2.45, 2.75) is 46.5 Å². The zero-order valence-corrected chi connectivity index (χ0v) is 11.1. The Kier molecular flexibility index (Phi) is 5.54. The van der Waals surface area contributed by atoms with Crippen LogP contribution in [0, 0.1) is 6.92 Å². The summed E-state index contributed by atoms with van der Waals surface area (Å²) in [6.45, 7) is 11.1. The van der Waals surface area contributed by atoms with Crippen LogP contribution in [0.15, 0.2) is 18.2 Å². The molecule has 90 valence electrons. The van der Waals surface area contributed by atoms with E-state index in [1.165, 1.54) is 29.5 Å². The lowest BCUT2D eigenvalue weighted by Crippen LogP contribution is -2.14. The molecule has 0 saturated heterocycles. The first-order valence-electron chi connectivity index (χ1n) is 6.45. The lowest BCUT2D eigenvalue weighted by molar-refractivity contribution is 0.671. The molecular formula is C15H25N. The highest BCUT2D eigenvalue weighted by molar-refractivity contribution is 5.32. The van der Waals surface area contributed by atoms with Crippen molar-refractivity contribution < 1.29 is 0 Å². The molecule has 1 aromatic rings. The second kappa shape index (κ2) is 6.70. The zero-order valence-electron chi connectivity index (χ0n) is 11.1. The number of benzene rings is 1. The number of nitrogens with one attached hydrogen (secondary N) is 1. The third-order valence-electron chi connectivity index (χ3n) is 3.09. The van der Waals surface area contributed by atoms with Gasteiger partial charge in [-0.1, -0.05) is 39.0 Å². The Balaban J connectivity index is 2.60. The van der Waals surface area contributed by atoms with E-state index in [4.69, 9.17) is 0 Å². The maximum atomic E-state index is 3.38. The fourth-order valence-corrected chi connectivity index (χ4v) is 1.90. The van der Waals surface area contributed by atoms with E-state index in [9.17, 15) is 0 Å². The second-order valence-corrected chi connectivity index (χ2v) is 4.80. The molecule has 0 atom stereocenters. The number of hydrogen-bond donors (Lipinski definition) is 1. The van der Waals surface area contributed by atoms with E-state index in [1.807, 2.05) is 0 Å². The van der Waals surface area contributed by atoms with Crippen LogP contribution in [0.25, 0.3) is 0 Å². The maximum absolute atomic E-state index is 3.38. The fraction of sp³-hybridized carbons (Fsp3) is 0.600. The first-order chi connectivity index (χ1) is 7.65. The maximum Gasteiger partial charge on any atom is -0.00459 e. The SMILES string of the molecule is CCNCCCc1cc(C(C)C)ccc1C. The summed E-state index contributed by atoms with van der Waals surface area (Å²) in [5.41, 5.74) is 4.41. The smallest absolute Gasteiger partial charge is 0.00459 e. The van der Waals surface area contributed by atoms with Gasteiger partial charge in [0.25, 0.3) is 0 Å². The number of rotatable bonds is 6. The van der Waals surface area contributed by atoms with Crippen molar-refractivity contribution in [3.8, 4) is 0 Å². The molecule has 0 aliphatic carbocycles. The molecule has 0 aromatic heterocycles. The van der Waals surface area contributed by atoms with Gasteiger partial charge in [-0.15, -0.1) is 0 Å². The van der Waals surface area contributed by atoms with Gasteiger partial charge in [-0.05, 0) is 55.5 Å². The third-order valence-corrected chi connectivity index (χ3v) is 3.09. The average molecular weight is 219 g/mol.